The van der Waals surface area contributed by atoms with Gasteiger partial charge in [0.05, 0.1) is 6.04 Å². The molecule has 0 aromatic carbocycles. The van der Waals surface area contributed by atoms with Gasteiger partial charge in [-0.05, 0) is 43.3 Å². The third-order valence-electron chi connectivity index (χ3n) is 3.64. The number of nitrogens with two attached hydrogens (primary N) is 1. The summed E-state index contributed by atoms with van der Waals surface area (Å²) >= 11 is 1.58. The van der Waals surface area contributed by atoms with E-state index in [0.29, 0.717) is 18.7 Å². The highest BCUT2D eigenvalue weighted by Crippen LogP contribution is 2.24. The zero-order chi connectivity index (χ0) is 15.4. The van der Waals surface area contributed by atoms with Crippen molar-refractivity contribution in [2.24, 2.45) is 5.73 Å². The second kappa shape index (κ2) is 7.02. The molecular weight excluding hydrogens is 284 g/mol. The Morgan fingerprint density at radius 2 is 2.19 bits per heavy atom. The van der Waals surface area contributed by atoms with Gasteiger partial charge in [0.15, 0.2) is 0 Å². The summed E-state index contributed by atoms with van der Waals surface area (Å²) in [4.78, 5) is 13.8. The van der Waals surface area contributed by atoms with Crippen molar-refractivity contribution in [2.75, 3.05) is 13.7 Å². The first-order chi connectivity index (χ1) is 10.1. The molecule has 4 nitrogen and oxygen atoms in total. The van der Waals surface area contributed by atoms with Crippen LogP contribution in [0.3, 0.4) is 0 Å². The molecule has 2 heterocycles. The third-order valence-corrected chi connectivity index (χ3v) is 4.60. The number of nitrogens with zero attached hydrogens (tertiary/aromatic N) is 1. The van der Waals surface area contributed by atoms with Crippen molar-refractivity contribution in [3.8, 4) is 0 Å². The maximum absolute atomic E-state index is 12.8. The molecule has 21 heavy (non-hydrogen) atoms. The monoisotopic (exact) mass is 306 g/mol. The standard InChI is InChI=1S/C16H22N2O2S/c1-11-10-12(2)18(7-5-8-20-3)16(19)14(11)15(17)13-6-4-9-21-13/h4,6,9-10,15H,5,7-8,17H2,1-3H3. The Morgan fingerprint density at radius 1 is 1.43 bits per heavy atom. The SMILES string of the molecule is COCCCn1c(C)cc(C)c(C(N)c2cccs2)c1=O. The summed E-state index contributed by atoms with van der Waals surface area (Å²) in [6.07, 6.45) is 0.813. The maximum atomic E-state index is 12.8. The van der Waals surface area contributed by atoms with Gasteiger partial charge in [0.2, 0.25) is 0 Å². The van der Waals surface area contributed by atoms with E-state index in [0.717, 1.165) is 22.6 Å². The number of thiophene rings is 1. The van der Waals surface area contributed by atoms with Crippen LogP contribution < -0.4 is 11.3 Å². The second-order valence-electron chi connectivity index (χ2n) is 5.18. The predicted molar refractivity (Wildman–Crippen MR) is 87.0 cm³/mol. The second-order valence-corrected chi connectivity index (χ2v) is 6.16. The maximum Gasteiger partial charge on any atom is 0.256 e. The zero-order valence-electron chi connectivity index (χ0n) is 12.8. The molecule has 0 saturated heterocycles. The predicted octanol–water partition coefficient (Wildman–Crippen LogP) is 2.61. The number of pyridine rings is 1. The summed E-state index contributed by atoms with van der Waals surface area (Å²) in [5.41, 5.74) is 8.95. The van der Waals surface area contributed by atoms with E-state index < -0.39 is 0 Å². The fourth-order valence-electron chi connectivity index (χ4n) is 2.58. The van der Waals surface area contributed by atoms with Gasteiger partial charge < -0.3 is 15.0 Å². The van der Waals surface area contributed by atoms with Crippen molar-refractivity contribution < 1.29 is 4.74 Å². The molecule has 2 aromatic heterocycles. The van der Waals surface area contributed by atoms with Gasteiger partial charge >= 0.3 is 0 Å². The molecule has 0 radical (unpaired) electrons. The quantitative estimate of drug-likeness (QED) is 0.835. The molecule has 0 amide bonds. The van der Waals surface area contributed by atoms with Crippen LogP contribution in [0.15, 0.2) is 28.4 Å². The molecule has 0 aliphatic rings. The number of aryl methyl sites for hydroxylation is 2. The van der Waals surface area contributed by atoms with Gasteiger partial charge in [-0.3, -0.25) is 4.79 Å². The van der Waals surface area contributed by atoms with Gasteiger partial charge in [0.1, 0.15) is 0 Å². The van der Waals surface area contributed by atoms with Crippen LogP contribution in [0.5, 0.6) is 0 Å². The van der Waals surface area contributed by atoms with Crippen molar-refractivity contribution in [1.29, 1.82) is 0 Å². The Labute approximate surface area is 129 Å². The highest BCUT2D eigenvalue weighted by atomic mass is 32.1. The Hall–Kier alpha value is -1.43. The van der Waals surface area contributed by atoms with Crippen molar-refractivity contribution in [2.45, 2.75) is 32.9 Å². The molecule has 2 aromatic rings. The van der Waals surface area contributed by atoms with Crippen LogP contribution >= 0.6 is 11.3 Å². The Morgan fingerprint density at radius 3 is 2.81 bits per heavy atom. The fraction of sp³-hybridized carbons (Fsp3) is 0.438. The third kappa shape index (κ3) is 3.43. The van der Waals surface area contributed by atoms with Crippen LogP contribution in [0.25, 0.3) is 0 Å². The van der Waals surface area contributed by atoms with Crippen molar-refractivity contribution in [3.63, 3.8) is 0 Å². The summed E-state index contributed by atoms with van der Waals surface area (Å²) in [5, 5.41) is 1.98. The summed E-state index contributed by atoms with van der Waals surface area (Å²) in [6.45, 7) is 5.22. The van der Waals surface area contributed by atoms with Crippen LogP contribution in [-0.2, 0) is 11.3 Å². The Bertz CT molecular complexity index is 647. The van der Waals surface area contributed by atoms with Crippen LogP contribution in [0, 0.1) is 13.8 Å². The molecule has 2 rings (SSSR count). The number of hydrogen-bond acceptors (Lipinski definition) is 4. The molecule has 5 heteroatoms. The van der Waals surface area contributed by atoms with E-state index in [-0.39, 0.29) is 11.6 Å². The minimum absolute atomic E-state index is 0.0181. The average molecular weight is 306 g/mol. The smallest absolute Gasteiger partial charge is 0.256 e. The number of rotatable bonds is 6. The number of ether oxygens (including phenoxy) is 1. The number of hydrogen-bond donors (Lipinski definition) is 1. The summed E-state index contributed by atoms with van der Waals surface area (Å²) in [7, 11) is 1.67. The lowest BCUT2D eigenvalue weighted by atomic mass is 10.0. The lowest BCUT2D eigenvalue weighted by molar-refractivity contribution is 0.189. The summed E-state index contributed by atoms with van der Waals surface area (Å²) < 4.78 is 6.87. The van der Waals surface area contributed by atoms with Gasteiger partial charge in [0, 0.05) is 36.4 Å². The van der Waals surface area contributed by atoms with E-state index in [9.17, 15) is 4.79 Å². The van der Waals surface area contributed by atoms with Gasteiger partial charge in [-0.25, -0.2) is 0 Å². The minimum Gasteiger partial charge on any atom is -0.385 e. The highest BCUT2D eigenvalue weighted by Gasteiger charge is 2.19. The highest BCUT2D eigenvalue weighted by molar-refractivity contribution is 7.10. The first-order valence-corrected chi connectivity index (χ1v) is 7.93. The van der Waals surface area contributed by atoms with E-state index in [1.54, 1.807) is 23.0 Å². The lowest BCUT2D eigenvalue weighted by Gasteiger charge is -2.18. The molecule has 0 fully saturated rings. The van der Waals surface area contributed by atoms with Crippen LogP contribution in [0.1, 0.15) is 34.2 Å². The minimum atomic E-state index is -0.355. The lowest BCUT2D eigenvalue weighted by Crippen LogP contribution is -2.31. The van der Waals surface area contributed by atoms with Gasteiger partial charge in [0.25, 0.3) is 5.56 Å². The van der Waals surface area contributed by atoms with E-state index >= 15 is 0 Å². The van der Waals surface area contributed by atoms with Gasteiger partial charge in [-0.1, -0.05) is 6.07 Å². The van der Waals surface area contributed by atoms with Crippen molar-refractivity contribution in [1.82, 2.24) is 4.57 Å². The van der Waals surface area contributed by atoms with Crippen molar-refractivity contribution in [3.05, 3.63) is 55.6 Å². The summed E-state index contributed by atoms with van der Waals surface area (Å²) in [6, 6.07) is 5.62. The largest absolute Gasteiger partial charge is 0.385 e. The molecule has 0 bridgehead atoms. The average Bonchev–Trinajstić information content (AvgIpc) is 2.96. The van der Waals surface area contributed by atoms with E-state index in [4.69, 9.17) is 10.5 Å². The Kier molecular flexibility index (Phi) is 5.33. The van der Waals surface area contributed by atoms with Gasteiger partial charge in [-0.2, -0.15) is 0 Å². The molecule has 0 aliphatic heterocycles. The van der Waals surface area contributed by atoms with Crippen LogP contribution in [-0.4, -0.2) is 18.3 Å². The molecular formula is C16H22N2O2S. The molecule has 1 atom stereocenters. The number of aromatic nitrogens is 1. The molecule has 1 unspecified atom stereocenters. The molecule has 0 spiro atoms. The van der Waals surface area contributed by atoms with E-state index in [1.807, 2.05) is 37.4 Å². The van der Waals surface area contributed by atoms with E-state index in [2.05, 4.69) is 0 Å². The first-order valence-electron chi connectivity index (χ1n) is 7.05. The topological polar surface area (TPSA) is 57.2 Å². The van der Waals surface area contributed by atoms with Crippen molar-refractivity contribution >= 4 is 11.3 Å². The molecule has 0 saturated carbocycles. The molecule has 0 aliphatic carbocycles. The summed E-state index contributed by atoms with van der Waals surface area (Å²) in [5.74, 6) is 0. The first kappa shape index (κ1) is 15.9. The molecule has 114 valence electrons. The van der Waals surface area contributed by atoms with Crippen LogP contribution in [0.2, 0.25) is 0 Å². The molecule has 2 N–H and O–H groups in total. The fourth-order valence-corrected chi connectivity index (χ4v) is 3.31. The normalized spacial score (nSPS) is 12.6. The number of methoxy groups -OCH3 is 1. The van der Waals surface area contributed by atoms with E-state index in [1.165, 1.54) is 0 Å². The van der Waals surface area contributed by atoms with Crippen LogP contribution in [0.4, 0.5) is 0 Å². The Balaban J connectivity index is 2.41. The van der Waals surface area contributed by atoms with Gasteiger partial charge in [-0.15, -0.1) is 11.3 Å². The zero-order valence-corrected chi connectivity index (χ0v) is 13.6.